The summed E-state index contributed by atoms with van der Waals surface area (Å²) in [6, 6.07) is 0.841. The molecule has 4 heteroatoms. The average molecular weight is 283 g/mol. The standard InChI is InChI=1S/C15H27NO.CH2O2/c17-14-8-4-9-15(14)10-5-11-16(12-15)13-6-2-1-3-7-13;2-1-3/h13-14,17H,1-12H2;1H,(H,2,3)/t14-,15-;/m1./s1. The van der Waals surface area contributed by atoms with Crippen molar-refractivity contribution >= 4 is 6.47 Å². The second-order valence-corrected chi connectivity index (χ2v) is 6.74. The van der Waals surface area contributed by atoms with Crippen LogP contribution < -0.4 is 0 Å². The molecule has 20 heavy (non-hydrogen) atoms. The highest BCUT2D eigenvalue weighted by Gasteiger charge is 2.45. The highest BCUT2D eigenvalue weighted by Crippen LogP contribution is 2.46. The molecule has 0 aromatic carbocycles. The van der Waals surface area contributed by atoms with E-state index in [-0.39, 0.29) is 18.0 Å². The molecule has 0 amide bonds. The summed E-state index contributed by atoms with van der Waals surface area (Å²) < 4.78 is 0. The zero-order valence-corrected chi connectivity index (χ0v) is 12.5. The molecule has 2 N–H and O–H groups in total. The van der Waals surface area contributed by atoms with Gasteiger partial charge in [-0.15, -0.1) is 0 Å². The van der Waals surface area contributed by atoms with Crippen LogP contribution in [0.3, 0.4) is 0 Å². The van der Waals surface area contributed by atoms with Gasteiger partial charge in [-0.25, -0.2) is 0 Å². The van der Waals surface area contributed by atoms with Crippen molar-refractivity contribution in [3.63, 3.8) is 0 Å². The van der Waals surface area contributed by atoms with E-state index in [0.29, 0.717) is 0 Å². The number of piperidine rings is 1. The first-order valence-corrected chi connectivity index (χ1v) is 8.22. The Morgan fingerprint density at radius 3 is 2.25 bits per heavy atom. The van der Waals surface area contributed by atoms with E-state index in [0.717, 1.165) is 12.5 Å². The molecule has 116 valence electrons. The van der Waals surface area contributed by atoms with Crippen molar-refractivity contribution in [3.8, 4) is 0 Å². The number of carbonyl (C=O) groups is 1. The largest absolute Gasteiger partial charge is 0.483 e. The molecule has 0 radical (unpaired) electrons. The fraction of sp³-hybridized carbons (Fsp3) is 0.938. The molecule has 2 saturated carbocycles. The molecule has 2 aliphatic carbocycles. The van der Waals surface area contributed by atoms with Gasteiger partial charge in [0.2, 0.25) is 0 Å². The second-order valence-electron chi connectivity index (χ2n) is 6.74. The van der Waals surface area contributed by atoms with Crippen molar-refractivity contribution < 1.29 is 15.0 Å². The number of likely N-dealkylation sites (tertiary alicyclic amines) is 1. The van der Waals surface area contributed by atoms with Crippen LogP contribution in [0.2, 0.25) is 0 Å². The number of rotatable bonds is 1. The van der Waals surface area contributed by atoms with Crippen LogP contribution in [-0.2, 0) is 4.79 Å². The van der Waals surface area contributed by atoms with Gasteiger partial charge in [-0.3, -0.25) is 9.69 Å². The van der Waals surface area contributed by atoms with E-state index in [4.69, 9.17) is 9.90 Å². The number of aliphatic hydroxyl groups excluding tert-OH is 1. The van der Waals surface area contributed by atoms with Crippen LogP contribution in [0.1, 0.15) is 64.2 Å². The van der Waals surface area contributed by atoms with Gasteiger partial charge in [0.1, 0.15) is 0 Å². The van der Waals surface area contributed by atoms with Crippen LogP contribution in [0.4, 0.5) is 0 Å². The maximum atomic E-state index is 10.3. The van der Waals surface area contributed by atoms with Gasteiger partial charge >= 0.3 is 0 Å². The second kappa shape index (κ2) is 7.41. The molecule has 0 unspecified atom stereocenters. The summed E-state index contributed by atoms with van der Waals surface area (Å²) in [4.78, 5) is 11.1. The molecule has 0 aromatic heterocycles. The summed E-state index contributed by atoms with van der Waals surface area (Å²) in [5.41, 5.74) is 0.287. The Morgan fingerprint density at radius 2 is 1.65 bits per heavy atom. The lowest BCUT2D eigenvalue weighted by Gasteiger charge is -2.46. The third kappa shape index (κ3) is 3.53. The number of carboxylic acid groups (broad SMARTS) is 1. The van der Waals surface area contributed by atoms with Gasteiger partial charge in [0.05, 0.1) is 6.10 Å². The maximum Gasteiger partial charge on any atom is 0.290 e. The summed E-state index contributed by atoms with van der Waals surface area (Å²) in [7, 11) is 0. The molecule has 0 aromatic rings. The van der Waals surface area contributed by atoms with Crippen LogP contribution >= 0.6 is 0 Å². The van der Waals surface area contributed by atoms with Crippen molar-refractivity contribution in [1.29, 1.82) is 0 Å². The third-order valence-electron chi connectivity index (χ3n) is 5.59. The Kier molecular flexibility index (Phi) is 5.85. The van der Waals surface area contributed by atoms with Crippen molar-refractivity contribution in [3.05, 3.63) is 0 Å². The fourth-order valence-corrected chi connectivity index (χ4v) is 4.55. The molecule has 4 nitrogen and oxygen atoms in total. The lowest BCUT2D eigenvalue weighted by Crippen LogP contribution is -2.51. The number of nitrogens with zero attached hydrogens (tertiary/aromatic N) is 1. The predicted molar refractivity (Wildman–Crippen MR) is 78.7 cm³/mol. The van der Waals surface area contributed by atoms with E-state index < -0.39 is 0 Å². The normalized spacial score (nSPS) is 35.5. The van der Waals surface area contributed by atoms with E-state index in [1.54, 1.807) is 0 Å². The van der Waals surface area contributed by atoms with E-state index in [1.807, 2.05) is 0 Å². The maximum absolute atomic E-state index is 10.3. The molecule has 3 fully saturated rings. The molecule has 3 aliphatic rings. The summed E-state index contributed by atoms with van der Waals surface area (Å²) >= 11 is 0. The molecular weight excluding hydrogens is 254 g/mol. The minimum absolute atomic E-state index is 0.00566. The molecule has 2 atom stereocenters. The van der Waals surface area contributed by atoms with Gasteiger partial charge in [0, 0.05) is 18.0 Å². The molecule has 1 aliphatic heterocycles. The number of hydrogen-bond acceptors (Lipinski definition) is 3. The first kappa shape index (κ1) is 15.8. The SMILES string of the molecule is O=CO.O[C@@H]1CCC[C@]12CCCN(C1CCCCC1)C2. The molecule has 1 heterocycles. The van der Waals surface area contributed by atoms with Gasteiger partial charge in [-0.1, -0.05) is 25.7 Å². The van der Waals surface area contributed by atoms with Gasteiger partial charge in [-0.05, 0) is 45.1 Å². The van der Waals surface area contributed by atoms with Crippen LogP contribution in [0.25, 0.3) is 0 Å². The van der Waals surface area contributed by atoms with Crippen molar-refractivity contribution in [2.75, 3.05) is 13.1 Å². The Bertz CT molecular complexity index is 304. The lowest BCUT2D eigenvalue weighted by molar-refractivity contribution is -0.122. The first-order chi connectivity index (χ1) is 9.72. The van der Waals surface area contributed by atoms with E-state index in [1.165, 1.54) is 70.9 Å². The average Bonchev–Trinajstić information content (AvgIpc) is 2.82. The minimum atomic E-state index is -0.250. The van der Waals surface area contributed by atoms with Gasteiger partial charge in [-0.2, -0.15) is 0 Å². The highest BCUT2D eigenvalue weighted by atomic mass is 16.3. The Balaban J connectivity index is 0.000000452. The van der Waals surface area contributed by atoms with Crippen molar-refractivity contribution in [1.82, 2.24) is 4.90 Å². The minimum Gasteiger partial charge on any atom is -0.483 e. The zero-order valence-electron chi connectivity index (χ0n) is 12.5. The smallest absolute Gasteiger partial charge is 0.290 e. The monoisotopic (exact) mass is 283 g/mol. The number of aliphatic hydroxyl groups is 1. The Hall–Kier alpha value is -0.610. The summed E-state index contributed by atoms with van der Waals surface area (Å²) in [5, 5.41) is 17.2. The van der Waals surface area contributed by atoms with Crippen LogP contribution in [0.15, 0.2) is 0 Å². The molecular formula is C16H29NO3. The quantitative estimate of drug-likeness (QED) is 0.726. The zero-order chi connectivity index (χ0) is 14.4. The van der Waals surface area contributed by atoms with Crippen molar-refractivity contribution in [2.24, 2.45) is 5.41 Å². The van der Waals surface area contributed by atoms with Gasteiger partial charge in [0.25, 0.3) is 6.47 Å². The van der Waals surface area contributed by atoms with Crippen molar-refractivity contribution in [2.45, 2.75) is 76.4 Å². The molecule has 0 bridgehead atoms. The van der Waals surface area contributed by atoms with Crippen LogP contribution in [-0.4, -0.2) is 46.8 Å². The topological polar surface area (TPSA) is 60.8 Å². The van der Waals surface area contributed by atoms with E-state index in [2.05, 4.69) is 4.90 Å². The van der Waals surface area contributed by atoms with Crippen LogP contribution in [0.5, 0.6) is 0 Å². The predicted octanol–water partition coefficient (Wildman–Crippen LogP) is 2.65. The fourth-order valence-electron chi connectivity index (χ4n) is 4.55. The summed E-state index contributed by atoms with van der Waals surface area (Å²) in [5.74, 6) is 0. The number of hydrogen-bond donors (Lipinski definition) is 2. The van der Waals surface area contributed by atoms with Gasteiger partial charge < -0.3 is 10.2 Å². The first-order valence-electron chi connectivity index (χ1n) is 8.22. The lowest BCUT2D eigenvalue weighted by atomic mass is 9.75. The van der Waals surface area contributed by atoms with Gasteiger partial charge in [0.15, 0.2) is 0 Å². The Labute approximate surface area is 122 Å². The molecule has 1 spiro atoms. The molecule has 1 saturated heterocycles. The van der Waals surface area contributed by atoms with Crippen LogP contribution in [0, 0.1) is 5.41 Å². The molecule has 3 rings (SSSR count). The van der Waals surface area contributed by atoms with E-state index in [9.17, 15) is 5.11 Å². The third-order valence-corrected chi connectivity index (χ3v) is 5.59. The summed E-state index contributed by atoms with van der Waals surface area (Å²) in [6.07, 6.45) is 13.3. The highest BCUT2D eigenvalue weighted by molar-refractivity contribution is 5.32. The Morgan fingerprint density at radius 1 is 1.00 bits per heavy atom. The summed E-state index contributed by atoms with van der Waals surface area (Å²) in [6.45, 7) is 2.23. The van der Waals surface area contributed by atoms with E-state index >= 15 is 0 Å².